The summed E-state index contributed by atoms with van der Waals surface area (Å²) in [4.78, 5) is 16.3. The molecule has 22 heavy (non-hydrogen) atoms. The molecular formula is C16H17FN4O. The molecule has 1 aromatic carbocycles. The molecule has 3 N–H and O–H groups in total. The van der Waals surface area contributed by atoms with Crippen LogP contribution in [0.2, 0.25) is 0 Å². The van der Waals surface area contributed by atoms with Crippen molar-refractivity contribution < 1.29 is 9.18 Å². The third-order valence-corrected chi connectivity index (χ3v) is 3.58. The van der Waals surface area contributed by atoms with Gasteiger partial charge in [-0.05, 0) is 30.7 Å². The van der Waals surface area contributed by atoms with Gasteiger partial charge in [-0.2, -0.15) is 0 Å². The summed E-state index contributed by atoms with van der Waals surface area (Å²) in [5, 5.41) is 8.96. The Morgan fingerprint density at radius 2 is 2.14 bits per heavy atom. The molecule has 0 atom stereocenters. The number of aromatic nitrogens is 1. The van der Waals surface area contributed by atoms with E-state index in [0.29, 0.717) is 16.9 Å². The Morgan fingerprint density at radius 3 is 2.82 bits per heavy atom. The lowest BCUT2D eigenvalue weighted by atomic mass is 10.1. The second-order valence-electron chi connectivity index (χ2n) is 5.36. The van der Waals surface area contributed by atoms with Gasteiger partial charge in [-0.15, -0.1) is 0 Å². The summed E-state index contributed by atoms with van der Waals surface area (Å²) in [6.07, 6.45) is 3.05. The number of halogens is 1. The van der Waals surface area contributed by atoms with E-state index in [-0.39, 0.29) is 17.8 Å². The standard InChI is InChI=1S/C16H17FN4O/c1-10-2-3-15(13(17)6-10)21-14-4-5-18-9-12(14)16(22)20-11-7-19-8-11/h2-6,9,11,19H,7-8H2,1H3,(H,18,21)(H,20,22). The highest BCUT2D eigenvalue weighted by Gasteiger charge is 2.21. The zero-order valence-electron chi connectivity index (χ0n) is 12.2. The van der Waals surface area contributed by atoms with Gasteiger partial charge >= 0.3 is 0 Å². The second kappa shape index (κ2) is 6.11. The Balaban J connectivity index is 1.82. The normalized spacial score (nSPS) is 14.3. The van der Waals surface area contributed by atoms with Crippen LogP contribution >= 0.6 is 0 Å². The summed E-state index contributed by atoms with van der Waals surface area (Å²) in [7, 11) is 0. The zero-order valence-corrected chi connectivity index (χ0v) is 12.2. The summed E-state index contributed by atoms with van der Waals surface area (Å²) in [6, 6.07) is 6.71. The molecule has 0 bridgehead atoms. The number of nitrogens with one attached hydrogen (secondary N) is 3. The maximum Gasteiger partial charge on any atom is 0.255 e. The van der Waals surface area contributed by atoms with Gasteiger partial charge in [-0.25, -0.2) is 4.39 Å². The van der Waals surface area contributed by atoms with Crippen molar-refractivity contribution in [2.45, 2.75) is 13.0 Å². The van der Waals surface area contributed by atoms with Gasteiger partial charge in [0.1, 0.15) is 5.82 Å². The highest BCUT2D eigenvalue weighted by atomic mass is 19.1. The zero-order chi connectivity index (χ0) is 15.5. The predicted octanol–water partition coefficient (Wildman–Crippen LogP) is 1.97. The Labute approximate surface area is 128 Å². The van der Waals surface area contributed by atoms with Gasteiger partial charge in [-0.1, -0.05) is 6.07 Å². The lowest BCUT2D eigenvalue weighted by Gasteiger charge is -2.28. The predicted molar refractivity (Wildman–Crippen MR) is 82.8 cm³/mol. The topological polar surface area (TPSA) is 66.0 Å². The first kappa shape index (κ1) is 14.5. The average Bonchev–Trinajstić information content (AvgIpc) is 2.46. The molecule has 1 aromatic heterocycles. The van der Waals surface area contributed by atoms with Crippen molar-refractivity contribution in [3.8, 4) is 0 Å². The Kier molecular flexibility index (Phi) is 4.02. The number of benzene rings is 1. The number of hydrogen-bond donors (Lipinski definition) is 3. The first-order chi connectivity index (χ1) is 10.6. The third kappa shape index (κ3) is 3.07. The van der Waals surface area contributed by atoms with Crippen molar-refractivity contribution in [1.29, 1.82) is 0 Å². The monoisotopic (exact) mass is 300 g/mol. The highest BCUT2D eigenvalue weighted by Crippen LogP contribution is 2.23. The van der Waals surface area contributed by atoms with Crippen LogP contribution in [0, 0.1) is 12.7 Å². The van der Waals surface area contributed by atoms with Gasteiger partial charge in [-0.3, -0.25) is 9.78 Å². The van der Waals surface area contributed by atoms with E-state index in [1.54, 1.807) is 18.3 Å². The van der Waals surface area contributed by atoms with E-state index in [1.165, 1.54) is 12.3 Å². The van der Waals surface area contributed by atoms with Gasteiger partial charge in [0.25, 0.3) is 5.91 Å². The molecule has 5 nitrogen and oxygen atoms in total. The molecule has 2 aromatic rings. The summed E-state index contributed by atoms with van der Waals surface area (Å²) in [5.74, 6) is -0.569. The molecule has 1 amide bonds. The van der Waals surface area contributed by atoms with Crippen molar-refractivity contribution in [2.75, 3.05) is 18.4 Å². The quantitative estimate of drug-likeness (QED) is 0.808. The fourth-order valence-electron chi connectivity index (χ4n) is 2.20. The molecule has 1 saturated heterocycles. The van der Waals surface area contributed by atoms with E-state index in [4.69, 9.17) is 0 Å². The molecule has 1 aliphatic heterocycles. The van der Waals surface area contributed by atoms with Crippen molar-refractivity contribution in [2.24, 2.45) is 0 Å². The summed E-state index contributed by atoms with van der Waals surface area (Å²) >= 11 is 0. The maximum absolute atomic E-state index is 14.0. The van der Waals surface area contributed by atoms with Crippen molar-refractivity contribution in [1.82, 2.24) is 15.6 Å². The average molecular weight is 300 g/mol. The molecule has 0 saturated carbocycles. The SMILES string of the molecule is Cc1ccc(Nc2ccncc2C(=O)NC2CNC2)c(F)c1. The summed E-state index contributed by atoms with van der Waals surface area (Å²) in [5.41, 5.74) is 2.10. The van der Waals surface area contributed by atoms with Crippen LogP contribution in [0.5, 0.6) is 0 Å². The number of pyridine rings is 1. The number of carbonyl (C=O) groups is 1. The van der Waals surface area contributed by atoms with Crippen molar-refractivity contribution >= 4 is 17.3 Å². The fourth-order valence-corrected chi connectivity index (χ4v) is 2.20. The maximum atomic E-state index is 14.0. The van der Waals surface area contributed by atoms with E-state index < -0.39 is 0 Å². The number of aryl methyl sites for hydroxylation is 1. The Bertz CT molecular complexity index is 700. The first-order valence-corrected chi connectivity index (χ1v) is 7.12. The number of amides is 1. The first-order valence-electron chi connectivity index (χ1n) is 7.12. The molecule has 6 heteroatoms. The molecule has 0 radical (unpaired) electrons. The van der Waals surface area contributed by atoms with E-state index in [2.05, 4.69) is 20.9 Å². The van der Waals surface area contributed by atoms with Crippen LogP contribution in [0.3, 0.4) is 0 Å². The van der Waals surface area contributed by atoms with Crippen LogP contribution in [-0.2, 0) is 0 Å². The molecule has 3 rings (SSSR count). The Hall–Kier alpha value is -2.47. The van der Waals surface area contributed by atoms with Crippen LogP contribution in [-0.4, -0.2) is 30.0 Å². The molecule has 0 aliphatic carbocycles. The fraction of sp³-hybridized carbons (Fsp3) is 0.250. The van der Waals surface area contributed by atoms with E-state index in [0.717, 1.165) is 18.7 Å². The minimum absolute atomic E-state index is 0.136. The molecule has 114 valence electrons. The molecule has 1 aliphatic rings. The second-order valence-corrected chi connectivity index (χ2v) is 5.36. The Morgan fingerprint density at radius 1 is 1.32 bits per heavy atom. The minimum Gasteiger partial charge on any atom is -0.352 e. The lowest BCUT2D eigenvalue weighted by molar-refractivity contribution is 0.0924. The molecule has 0 spiro atoms. The number of nitrogens with zero attached hydrogens (tertiary/aromatic N) is 1. The van der Waals surface area contributed by atoms with E-state index in [1.807, 2.05) is 13.0 Å². The lowest BCUT2D eigenvalue weighted by Crippen LogP contribution is -2.57. The van der Waals surface area contributed by atoms with Crippen molar-refractivity contribution in [3.05, 3.63) is 53.6 Å². The highest BCUT2D eigenvalue weighted by molar-refractivity contribution is 6.00. The van der Waals surface area contributed by atoms with Gasteiger partial charge in [0.05, 0.1) is 23.0 Å². The molecular weight excluding hydrogens is 283 g/mol. The van der Waals surface area contributed by atoms with Gasteiger partial charge in [0, 0.05) is 25.5 Å². The van der Waals surface area contributed by atoms with Gasteiger partial charge < -0.3 is 16.0 Å². The third-order valence-electron chi connectivity index (χ3n) is 3.58. The molecule has 1 fully saturated rings. The largest absolute Gasteiger partial charge is 0.352 e. The molecule has 2 heterocycles. The van der Waals surface area contributed by atoms with Crippen LogP contribution in [0.15, 0.2) is 36.7 Å². The minimum atomic E-state index is -0.355. The van der Waals surface area contributed by atoms with Crippen LogP contribution in [0.25, 0.3) is 0 Å². The van der Waals surface area contributed by atoms with Crippen molar-refractivity contribution in [3.63, 3.8) is 0 Å². The van der Waals surface area contributed by atoms with Gasteiger partial charge in [0.15, 0.2) is 0 Å². The van der Waals surface area contributed by atoms with Gasteiger partial charge in [0.2, 0.25) is 0 Å². The smallest absolute Gasteiger partial charge is 0.255 e. The van der Waals surface area contributed by atoms with Crippen LogP contribution < -0.4 is 16.0 Å². The number of carbonyl (C=O) groups excluding carboxylic acids is 1. The number of anilines is 2. The van der Waals surface area contributed by atoms with Crippen LogP contribution in [0.4, 0.5) is 15.8 Å². The molecule has 0 unspecified atom stereocenters. The summed E-state index contributed by atoms with van der Waals surface area (Å²) in [6.45, 7) is 3.35. The van der Waals surface area contributed by atoms with Crippen LogP contribution in [0.1, 0.15) is 15.9 Å². The summed E-state index contributed by atoms with van der Waals surface area (Å²) < 4.78 is 14.0. The number of hydrogen-bond acceptors (Lipinski definition) is 4. The van der Waals surface area contributed by atoms with E-state index in [9.17, 15) is 9.18 Å². The number of rotatable bonds is 4. The van der Waals surface area contributed by atoms with E-state index >= 15 is 0 Å².